The van der Waals surface area contributed by atoms with E-state index >= 15 is 0 Å². The van der Waals surface area contributed by atoms with Crippen LogP contribution in [0.1, 0.15) is 40.5 Å². The van der Waals surface area contributed by atoms with Crippen molar-refractivity contribution in [1.82, 2.24) is 5.32 Å². The van der Waals surface area contributed by atoms with Gasteiger partial charge in [-0.15, -0.1) is 0 Å². The zero-order valence-electron chi connectivity index (χ0n) is 16.7. The second-order valence-electron chi connectivity index (χ2n) is 8.46. The van der Waals surface area contributed by atoms with Crippen LogP contribution in [0.25, 0.3) is 0 Å². The fraction of sp³-hybridized carbons (Fsp3) is 0.600. The number of rotatable bonds is 7. The molecule has 1 fully saturated rings. The van der Waals surface area contributed by atoms with Gasteiger partial charge in [-0.25, -0.2) is 0 Å². The molecular weight excluding hydrogens is 362 g/mol. The lowest BCUT2D eigenvalue weighted by atomic mass is 9.83. The Morgan fingerprint density at radius 1 is 1.27 bits per heavy atom. The molecule has 1 heterocycles. The van der Waals surface area contributed by atoms with Crippen molar-refractivity contribution in [2.24, 2.45) is 5.92 Å². The second kappa shape index (κ2) is 8.27. The van der Waals surface area contributed by atoms with Gasteiger partial charge in [-0.05, 0) is 36.7 Å². The van der Waals surface area contributed by atoms with E-state index in [0.717, 1.165) is 11.3 Å². The summed E-state index contributed by atoms with van der Waals surface area (Å²) >= 11 is 1.24. The topological polar surface area (TPSA) is 55.4 Å². The van der Waals surface area contributed by atoms with Crippen molar-refractivity contribution in [2.45, 2.75) is 75.7 Å². The van der Waals surface area contributed by atoms with E-state index in [1.807, 2.05) is 30.3 Å². The molecule has 6 heteroatoms. The molecule has 0 aliphatic carbocycles. The van der Waals surface area contributed by atoms with Crippen LogP contribution < -0.4 is 5.32 Å². The van der Waals surface area contributed by atoms with E-state index in [2.05, 4.69) is 46.1 Å². The van der Waals surface area contributed by atoms with Crippen LogP contribution in [-0.2, 0) is 14.0 Å². The predicted octanol–water partition coefficient (Wildman–Crippen LogP) is 4.61. The zero-order chi connectivity index (χ0) is 19.5. The summed E-state index contributed by atoms with van der Waals surface area (Å²) in [5.74, 6) is -0.215. The molecule has 0 bridgehead atoms. The summed E-state index contributed by atoms with van der Waals surface area (Å²) in [7, 11) is -1.96. The van der Waals surface area contributed by atoms with E-state index in [4.69, 9.17) is 4.43 Å². The fourth-order valence-corrected chi connectivity index (χ4v) is 5.11. The van der Waals surface area contributed by atoms with E-state index in [0.29, 0.717) is 6.42 Å². The van der Waals surface area contributed by atoms with E-state index in [1.165, 1.54) is 11.8 Å². The fourth-order valence-electron chi connectivity index (χ4n) is 2.87. The average Bonchev–Trinajstić information content (AvgIpc) is 2.53. The molecule has 1 saturated heterocycles. The third-order valence-corrected chi connectivity index (χ3v) is 10.9. The van der Waals surface area contributed by atoms with Gasteiger partial charge in [-0.2, -0.15) is 0 Å². The van der Waals surface area contributed by atoms with Gasteiger partial charge in [-0.3, -0.25) is 9.59 Å². The van der Waals surface area contributed by atoms with E-state index in [9.17, 15) is 9.59 Å². The molecule has 0 radical (unpaired) electrons. The van der Waals surface area contributed by atoms with Crippen molar-refractivity contribution in [3.63, 3.8) is 0 Å². The first-order valence-corrected chi connectivity index (χ1v) is 13.0. The highest BCUT2D eigenvalue weighted by Gasteiger charge is 2.48. The molecule has 26 heavy (non-hydrogen) atoms. The molecule has 2 rings (SSSR count). The molecule has 0 aromatic heterocycles. The lowest BCUT2D eigenvalue weighted by molar-refractivity contribution is -0.141. The number of amides is 1. The standard InChI is InChI=1S/C20H31NO3SSi/c1-7-16(24-26(5,6)20(2,3)4)18-15(21-19(18)23)13-17(22)25-14-11-9-8-10-12-14/h8-12,15-16,18H,7,13H2,1-6H3,(H,21,23)/t15-,16?,18-/m1/s1. The summed E-state index contributed by atoms with van der Waals surface area (Å²) in [5.41, 5.74) is 0. The Labute approximate surface area is 162 Å². The number of β-lactam (4-membered cyclic amide) rings is 1. The van der Waals surface area contributed by atoms with Crippen LogP contribution >= 0.6 is 11.8 Å². The van der Waals surface area contributed by atoms with Crippen LogP contribution in [0.15, 0.2) is 35.2 Å². The minimum absolute atomic E-state index is 0.0121. The smallest absolute Gasteiger partial charge is 0.228 e. The maximum atomic E-state index is 12.4. The van der Waals surface area contributed by atoms with Crippen LogP contribution in [0.4, 0.5) is 0 Å². The van der Waals surface area contributed by atoms with Gasteiger partial charge in [0.2, 0.25) is 5.91 Å². The zero-order valence-corrected chi connectivity index (χ0v) is 18.5. The van der Waals surface area contributed by atoms with Gasteiger partial charge in [0.1, 0.15) is 0 Å². The highest BCUT2D eigenvalue weighted by Crippen LogP contribution is 2.40. The van der Waals surface area contributed by atoms with Crippen molar-refractivity contribution < 1.29 is 14.0 Å². The van der Waals surface area contributed by atoms with Crippen LogP contribution in [-0.4, -0.2) is 31.5 Å². The molecule has 0 spiro atoms. The molecule has 0 saturated carbocycles. The normalized spacial score (nSPS) is 21.7. The summed E-state index contributed by atoms with van der Waals surface area (Å²) in [6, 6.07) is 9.50. The van der Waals surface area contributed by atoms with Crippen molar-refractivity contribution in [3.8, 4) is 0 Å². The number of thioether (sulfide) groups is 1. The third kappa shape index (κ3) is 4.99. The number of carbonyl (C=O) groups is 2. The maximum absolute atomic E-state index is 12.4. The number of hydrogen-bond donors (Lipinski definition) is 1. The molecule has 1 N–H and O–H groups in total. The van der Waals surface area contributed by atoms with Gasteiger partial charge >= 0.3 is 0 Å². The molecule has 1 aliphatic rings. The van der Waals surface area contributed by atoms with Gasteiger partial charge < -0.3 is 9.74 Å². The highest BCUT2D eigenvalue weighted by molar-refractivity contribution is 8.13. The first-order valence-electron chi connectivity index (χ1n) is 9.29. The lowest BCUT2D eigenvalue weighted by Gasteiger charge is -2.46. The first-order chi connectivity index (χ1) is 12.0. The Bertz CT molecular complexity index is 642. The molecule has 1 aliphatic heterocycles. The van der Waals surface area contributed by atoms with E-state index in [-0.39, 0.29) is 34.1 Å². The lowest BCUT2D eigenvalue weighted by Crippen LogP contribution is -2.64. The third-order valence-electron chi connectivity index (χ3n) is 5.48. The average molecular weight is 394 g/mol. The van der Waals surface area contributed by atoms with Gasteiger partial charge in [0.25, 0.3) is 0 Å². The summed E-state index contributed by atoms with van der Waals surface area (Å²) in [4.78, 5) is 25.6. The van der Waals surface area contributed by atoms with Gasteiger partial charge in [0.05, 0.1) is 18.1 Å². The molecule has 1 amide bonds. The summed E-state index contributed by atoms with van der Waals surface area (Å²) in [6.45, 7) is 13.1. The maximum Gasteiger partial charge on any atom is 0.228 e. The highest BCUT2D eigenvalue weighted by atomic mass is 32.2. The SMILES string of the molecule is CCC(O[Si](C)(C)C(C)(C)C)[C@@H]1C(=O)N[C@@H]1CC(=O)Sc1ccccc1. The Kier molecular flexibility index (Phi) is 6.74. The molecule has 1 aromatic carbocycles. The summed E-state index contributed by atoms with van der Waals surface area (Å²) in [5, 5.41) is 3.08. The first kappa shape index (κ1) is 21.2. The number of benzene rings is 1. The van der Waals surface area contributed by atoms with Crippen LogP contribution in [0, 0.1) is 5.92 Å². The second-order valence-corrected chi connectivity index (χ2v) is 14.3. The Hall–Kier alpha value is -1.11. The quantitative estimate of drug-likeness (QED) is 0.417. The van der Waals surface area contributed by atoms with Crippen molar-refractivity contribution in [3.05, 3.63) is 30.3 Å². The van der Waals surface area contributed by atoms with Gasteiger partial charge in [-0.1, -0.05) is 57.7 Å². The largest absolute Gasteiger partial charge is 0.413 e. The van der Waals surface area contributed by atoms with Crippen molar-refractivity contribution in [1.29, 1.82) is 0 Å². The minimum atomic E-state index is -1.96. The molecule has 4 nitrogen and oxygen atoms in total. The van der Waals surface area contributed by atoms with E-state index in [1.54, 1.807) is 0 Å². The number of hydrogen-bond acceptors (Lipinski definition) is 4. The minimum Gasteiger partial charge on any atom is -0.413 e. The Morgan fingerprint density at radius 2 is 1.88 bits per heavy atom. The molecule has 144 valence electrons. The predicted molar refractivity (Wildman–Crippen MR) is 110 cm³/mol. The molecule has 3 atom stereocenters. The summed E-state index contributed by atoms with van der Waals surface area (Å²) in [6.07, 6.45) is 0.998. The van der Waals surface area contributed by atoms with Crippen LogP contribution in [0.5, 0.6) is 0 Å². The van der Waals surface area contributed by atoms with Crippen LogP contribution in [0.2, 0.25) is 18.1 Å². The number of nitrogens with one attached hydrogen (secondary N) is 1. The summed E-state index contributed by atoms with van der Waals surface area (Å²) < 4.78 is 6.52. The molecule has 1 unspecified atom stereocenters. The van der Waals surface area contributed by atoms with Crippen molar-refractivity contribution >= 4 is 31.1 Å². The van der Waals surface area contributed by atoms with E-state index < -0.39 is 8.32 Å². The van der Waals surface area contributed by atoms with Crippen LogP contribution in [0.3, 0.4) is 0 Å². The van der Waals surface area contributed by atoms with Gasteiger partial charge in [0, 0.05) is 11.3 Å². The van der Waals surface area contributed by atoms with Gasteiger partial charge in [0.15, 0.2) is 13.4 Å². The molecular formula is C20H31NO3SSi. The number of carbonyl (C=O) groups excluding carboxylic acids is 2. The Morgan fingerprint density at radius 3 is 2.38 bits per heavy atom. The molecule has 1 aromatic rings. The monoisotopic (exact) mass is 393 g/mol. The Balaban J connectivity index is 2.00. The van der Waals surface area contributed by atoms with Crippen molar-refractivity contribution in [2.75, 3.05) is 0 Å².